The number of hydrogen-bond acceptors (Lipinski definition) is 4. The van der Waals surface area contributed by atoms with E-state index in [1.165, 1.54) is 16.8 Å². The summed E-state index contributed by atoms with van der Waals surface area (Å²) >= 11 is 0. The molecule has 2 aromatic carbocycles. The molecule has 0 spiro atoms. The Kier molecular flexibility index (Phi) is 4.74. The minimum atomic E-state index is -0.719. The van der Waals surface area contributed by atoms with E-state index in [1.54, 1.807) is 24.3 Å². The molecule has 26 heavy (non-hydrogen) atoms. The predicted octanol–water partition coefficient (Wildman–Crippen LogP) is 1.82. The van der Waals surface area contributed by atoms with E-state index in [4.69, 9.17) is 11.6 Å². The average molecular weight is 355 g/mol. The minimum Gasteiger partial charge on any atom is -0.382 e. The first-order valence-electron chi connectivity index (χ1n) is 7.63. The number of hydrogen-bond donors (Lipinski definition) is 2. The van der Waals surface area contributed by atoms with Gasteiger partial charge >= 0.3 is 0 Å². The molecule has 3 aromatic rings. The summed E-state index contributed by atoms with van der Waals surface area (Å²) in [5.41, 5.74) is 7.21. The highest BCUT2D eigenvalue weighted by atomic mass is 19.1. The molecule has 132 valence electrons. The molecule has 0 unspecified atom stereocenters. The number of amidine groups is 1. The Bertz CT molecular complexity index is 1030. The van der Waals surface area contributed by atoms with Gasteiger partial charge in [0.25, 0.3) is 5.56 Å². The van der Waals surface area contributed by atoms with E-state index in [1.807, 2.05) is 0 Å². The van der Waals surface area contributed by atoms with E-state index in [-0.39, 0.29) is 29.2 Å². The van der Waals surface area contributed by atoms with Gasteiger partial charge in [-0.25, -0.2) is 13.5 Å². The number of nitrogens with two attached hydrogens (primary N) is 2. The summed E-state index contributed by atoms with van der Waals surface area (Å²) in [4.78, 5) is 12.1. The van der Waals surface area contributed by atoms with E-state index >= 15 is 0 Å². The highest BCUT2D eigenvalue weighted by molar-refractivity contribution is 5.97. The Morgan fingerprint density at radius 3 is 2.50 bits per heavy atom. The first-order chi connectivity index (χ1) is 12.5. The second-order valence-corrected chi connectivity index (χ2v) is 5.59. The smallest absolute Gasteiger partial charge is 0.267 e. The molecule has 1 aromatic heterocycles. The monoisotopic (exact) mass is 355 g/mol. The zero-order valence-electron chi connectivity index (χ0n) is 13.6. The van der Waals surface area contributed by atoms with Crippen molar-refractivity contribution in [3.05, 3.63) is 87.7 Å². The second kappa shape index (κ2) is 7.14. The summed E-state index contributed by atoms with van der Waals surface area (Å²) in [6.45, 7) is 0.149. The summed E-state index contributed by atoms with van der Waals surface area (Å²) in [6.07, 6.45) is 0. The molecule has 0 fully saturated rings. The summed E-state index contributed by atoms with van der Waals surface area (Å²) in [5.74, 6) is 3.90. The summed E-state index contributed by atoms with van der Waals surface area (Å²) in [6, 6.07) is 12.8. The van der Waals surface area contributed by atoms with Crippen molar-refractivity contribution in [3.8, 4) is 11.3 Å². The molecule has 0 aliphatic carbocycles. The lowest BCUT2D eigenvalue weighted by molar-refractivity contribution is 0.583. The molecule has 0 aliphatic heterocycles. The lowest BCUT2D eigenvalue weighted by atomic mass is 10.1. The highest BCUT2D eigenvalue weighted by Crippen LogP contribution is 2.18. The number of halogens is 2. The predicted molar refractivity (Wildman–Crippen MR) is 94.3 cm³/mol. The van der Waals surface area contributed by atoms with E-state index in [0.29, 0.717) is 5.56 Å². The number of nitrogens with zero attached hydrogens (tertiary/aromatic N) is 3. The molecule has 3 rings (SSSR count). The van der Waals surface area contributed by atoms with Gasteiger partial charge in [-0.2, -0.15) is 10.2 Å². The Morgan fingerprint density at radius 2 is 1.81 bits per heavy atom. The molecule has 1 heterocycles. The molecule has 0 bridgehead atoms. The van der Waals surface area contributed by atoms with Crippen LogP contribution in [0, 0.1) is 11.6 Å². The van der Waals surface area contributed by atoms with Crippen molar-refractivity contribution in [1.29, 1.82) is 0 Å². The van der Waals surface area contributed by atoms with Gasteiger partial charge in [0.15, 0.2) is 0 Å². The third kappa shape index (κ3) is 3.75. The van der Waals surface area contributed by atoms with Crippen LogP contribution in [0.1, 0.15) is 11.1 Å². The molecule has 0 aliphatic rings. The van der Waals surface area contributed by atoms with Gasteiger partial charge in [0.05, 0.1) is 12.2 Å². The molecule has 0 radical (unpaired) electrons. The van der Waals surface area contributed by atoms with Crippen LogP contribution in [0.15, 0.2) is 64.5 Å². The quantitative estimate of drug-likeness (QED) is 0.323. The first kappa shape index (κ1) is 17.3. The van der Waals surface area contributed by atoms with Gasteiger partial charge in [0.2, 0.25) is 0 Å². The summed E-state index contributed by atoms with van der Waals surface area (Å²) < 4.78 is 28.1. The van der Waals surface area contributed by atoms with Gasteiger partial charge in [-0.1, -0.05) is 18.2 Å². The maximum absolute atomic E-state index is 13.4. The number of hydrazone groups is 1. The summed E-state index contributed by atoms with van der Waals surface area (Å²) in [5, 5.41) is 7.63. The second-order valence-electron chi connectivity index (χ2n) is 5.59. The highest BCUT2D eigenvalue weighted by Gasteiger charge is 2.08. The third-order valence-electron chi connectivity index (χ3n) is 3.72. The molecule has 0 saturated heterocycles. The van der Waals surface area contributed by atoms with Crippen LogP contribution in [0.3, 0.4) is 0 Å². The van der Waals surface area contributed by atoms with Crippen LogP contribution in [-0.4, -0.2) is 15.6 Å². The van der Waals surface area contributed by atoms with Crippen LogP contribution >= 0.6 is 0 Å². The first-order valence-corrected chi connectivity index (χ1v) is 7.63. The van der Waals surface area contributed by atoms with Gasteiger partial charge in [-0.05, 0) is 29.8 Å². The van der Waals surface area contributed by atoms with Crippen molar-refractivity contribution in [1.82, 2.24) is 9.78 Å². The standard InChI is InChI=1S/C18H15F2N5O/c19-14-7-13(8-15(20)9-14)16-4-5-17(26)25(24-16)10-11-2-1-3-12(6-11)18(21)23-22/h1-9H,10,22H2,(H2,21,23). The Hall–Kier alpha value is -3.55. The van der Waals surface area contributed by atoms with Gasteiger partial charge in [0, 0.05) is 23.3 Å². The molecule has 0 amide bonds. The van der Waals surface area contributed by atoms with Crippen molar-refractivity contribution in [2.45, 2.75) is 6.54 Å². The fraction of sp³-hybridized carbons (Fsp3) is 0.0556. The van der Waals surface area contributed by atoms with Crippen LogP contribution in [-0.2, 0) is 6.54 Å². The minimum absolute atomic E-state index is 0.149. The van der Waals surface area contributed by atoms with Gasteiger partial charge < -0.3 is 11.6 Å². The number of benzene rings is 2. The lowest BCUT2D eigenvalue weighted by Crippen LogP contribution is -2.23. The topological polar surface area (TPSA) is 99.3 Å². The van der Waals surface area contributed by atoms with Crippen LogP contribution in [0.2, 0.25) is 0 Å². The van der Waals surface area contributed by atoms with Gasteiger partial charge in [-0.15, -0.1) is 0 Å². The molecular formula is C18H15F2N5O. The van der Waals surface area contributed by atoms with E-state index in [2.05, 4.69) is 10.2 Å². The molecular weight excluding hydrogens is 340 g/mol. The largest absolute Gasteiger partial charge is 0.382 e. The summed E-state index contributed by atoms with van der Waals surface area (Å²) in [7, 11) is 0. The average Bonchev–Trinajstić information content (AvgIpc) is 2.62. The van der Waals surface area contributed by atoms with Crippen molar-refractivity contribution in [2.24, 2.45) is 16.7 Å². The zero-order valence-corrected chi connectivity index (χ0v) is 13.6. The zero-order chi connectivity index (χ0) is 18.7. The Labute approximate surface area is 147 Å². The van der Waals surface area contributed by atoms with E-state index < -0.39 is 11.6 Å². The van der Waals surface area contributed by atoms with Crippen molar-refractivity contribution in [2.75, 3.05) is 0 Å². The molecule has 0 atom stereocenters. The van der Waals surface area contributed by atoms with Gasteiger partial charge in [-0.3, -0.25) is 4.79 Å². The maximum atomic E-state index is 13.4. The van der Waals surface area contributed by atoms with Gasteiger partial charge in [0.1, 0.15) is 17.5 Å². The van der Waals surface area contributed by atoms with Crippen molar-refractivity contribution < 1.29 is 8.78 Å². The molecule has 0 saturated carbocycles. The fourth-order valence-corrected chi connectivity index (χ4v) is 2.49. The Morgan fingerprint density at radius 1 is 1.08 bits per heavy atom. The third-order valence-corrected chi connectivity index (χ3v) is 3.72. The lowest BCUT2D eigenvalue weighted by Gasteiger charge is -2.09. The Balaban J connectivity index is 1.98. The molecule has 4 N–H and O–H groups in total. The van der Waals surface area contributed by atoms with Crippen molar-refractivity contribution in [3.63, 3.8) is 0 Å². The van der Waals surface area contributed by atoms with Crippen molar-refractivity contribution >= 4 is 5.84 Å². The SMILES string of the molecule is N/N=C(\N)c1cccc(Cn2nc(-c3cc(F)cc(F)c3)ccc2=O)c1. The van der Waals surface area contributed by atoms with Crippen LogP contribution in [0.25, 0.3) is 11.3 Å². The number of aromatic nitrogens is 2. The fourth-order valence-electron chi connectivity index (χ4n) is 2.49. The number of rotatable bonds is 4. The van der Waals surface area contributed by atoms with Crippen LogP contribution in [0.5, 0.6) is 0 Å². The van der Waals surface area contributed by atoms with Crippen LogP contribution < -0.4 is 17.1 Å². The molecule has 8 heteroatoms. The normalized spacial score (nSPS) is 11.5. The maximum Gasteiger partial charge on any atom is 0.267 e. The van der Waals surface area contributed by atoms with E-state index in [9.17, 15) is 13.6 Å². The van der Waals surface area contributed by atoms with Crippen LogP contribution in [0.4, 0.5) is 8.78 Å². The molecule has 6 nitrogen and oxygen atoms in total. The van der Waals surface area contributed by atoms with E-state index in [0.717, 1.165) is 23.8 Å².